The molecule has 0 N–H and O–H groups in total. The normalized spacial score (nSPS) is 9.38. The van der Waals surface area contributed by atoms with Gasteiger partial charge in [-0.3, -0.25) is 0 Å². The number of hydrogen-bond acceptors (Lipinski definition) is 2. The average molecular weight is 179 g/mol. The number of rotatable bonds is 2. The van der Waals surface area contributed by atoms with E-state index in [-0.39, 0.29) is 12.2 Å². The molecule has 1 aromatic rings. The molecule has 0 aliphatic carbocycles. The summed E-state index contributed by atoms with van der Waals surface area (Å²) in [7, 11) is 1.43. The number of hydrogen-bond donors (Lipinski definition) is 0. The maximum Gasteiger partial charge on any atom is 0.165 e. The fourth-order valence-electron chi connectivity index (χ4n) is 1.25. The van der Waals surface area contributed by atoms with Crippen LogP contribution in [0.2, 0.25) is 0 Å². The fraction of sp³-hybridized carbons (Fsp3) is 0.300. The topological polar surface area (TPSA) is 33.0 Å². The molecule has 0 saturated heterocycles. The first kappa shape index (κ1) is 9.53. The summed E-state index contributed by atoms with van der Waals surface area (Å²) in [5.41, 5.74) is 1.39. The Morgan fingerprint density at radius 2 is 2.23 bits per heavy atom. The lowest BCUT2D eigenvalue weighted by Crippen LogP contribution is -1.94. The third-order valence-corrected chi connectivity index (χ3v) is 1.78. The van der Waals surface area contributed by atoms with Crippen molar-refractivity contribution in [3.8, 4) is 11.8 Å². The Balaban J connectivity index is 3.14. The molecule has 1 rings (SSSR count). The van der Waals surface area contributed by atoms with Crippen molar-refractivity contribution in [1.82, 2.24) is 0 Å². The molecule has 0 heterocycles. The van der Waals surface area contributed by atoms with Crippen molar-refractivity contribution in [2.75, 3.05) is 7.11 Å². The van der Waals surface area contributed by atoms with Crippen LogP contribution in [-0.2, 0) is 6.42 Å². The van der Waals surface area contributed by atoms with Crippen molar-refractivity contribution < 1.29 is 9.13 Å². The van der Waals surface area contributed by atoms with Crippen molar-refractivity contribution in [2.45, 2.75) is 13.3 Å². The van der Waals surface area contributed by atoms with Gasteiger partial charge in [-0.25, -0.2) is 4.39 Å². The van der Waals surface area contributed by atoms with Crippen LogP contribution in [0.3, 0.4) is 0 Å². The van der Waals surface area contributed by atoms with Gasteiger partial charge in [-0.15, -0.1) is 0 Å². The molecule has 0 aliphatic heterocycles. The van der Waals surface area contributed by atoms with E-state index in [4.69, 9.17) is 10.00 Å². The largest absolute Gasteiger partial charge is 0.493 e. The van der Waals surface area contributed by atoms with Crippen LogP contribution in [0.15, 0.2) is 12.1 Å². The zero-order valence-electron chi connectivity index (χ0n) is 7.60. The van der Waals surface area contributed by atoms with Crippen LogP contribution in [0.1, 0.15) is 11.1 Å². The maximum atomic E-state index is 13.2. The summed E-state index contributed by atoms with van der Waals surface area (Å²) >= 11 is 0. The molecule has 0 spiro atoms. The molecular weight excluding hydrogens is 169 g/mol. The number of nitrogens with zero attached hydrogens (tertiary/aromatic N) is 1. The number of methoxy groups -OCH3 is 1. The van der Waals surface area contributed by atoms with Crippen LogP contribution in [0.4, 0.5) is 4.39 Å². The van der Waals surface area contributed by atoms with E-state index in [0.29, 0.717) is 11.1 Å². The van der Waals surface area contributed by atoms with Crippen LogP contribution < -0.4 is 4.74 Å². The van der Waals surface area contributed by atoms with Crippen molar-refractivity contribution in [1.29, 1.82) is 5.26 Å². The summed E-state index contributed by atoms with van der Waals surface area (Å²) in [6.07, 6.45) is 0.224. The van der Waals surface area contributed by atoms with E-state index in [2.05, 4.69) is 0 Å². The number of ether oxygens (including phenoxy) is 1. The van der Waals surface area contributed by atoms with E-state index >= 15 is 0 Å². The maximum absolute atomic E-state index is 13.2. The molecule has 0 amide bonds. The molecule has 2 nitrogen and oxygen atoms in total. The third kappa shape index (κ3) is 1.97. The SMILES string of the molecule is COc1c(C)cc(CC#N)cc1F. The molecule has 3 heteroatoms. The van der Waals surface area contributed by atoms with E-state index in [1.165, 1.54) is 13.2 Å². The summed E-state index contributed by atoms with van der Waals surface area (Å²) in [6.45, 7) is 1.75. The summed E-state index contributed by atoms with van der Waals surface area (Å²) in [6, 6.07) is 5.05. The fourth-order valence-corrected chi connectivity index (χ4v) is 1.25. The van der Waals surface area contributed by atoms with Gasteiger partial charge in [0.2, 0.25) is 0 Å². The van der Waals surface area contributed by atoms with E-state index in [9.17, 15) is 4.39 Å². The van der Waals surface area contributed by atoms with Crippen LogP contribution >= 0.6 is 0 Å². The van der Waals surface area contributed by atoms with Crippen LogP contribution in [0.5, 0.6) is 5.75 Å². The number of halogens is 1. The molecule has 0 aliphatic rings. The Morgan fingerprint density at radius 3 is 2.69 bits per heavy atom. The second kappa shape index (κ2) is 3.90. The molecule has 0 bridgehead atoms. The Bertz CT molecular complexity index is 331. The van der Waals surface area contributed by atoms with Crippen molar-refractivity contribution in [2.24, 2.45) is 0 Å². The van der Waals surface area contributed by atoms with Gasteiger partial charge in [0, 0.05) is 0 Å². The Hall–Kier alpha value is -1.56. The molecule has 0 atom stereocenters. The van der Waals surface area contributed by atoms with Gasteiger partial charge in [0.15, 0.2) is 11.6 Å². The van der Waals surface area contributed by atoms with Crippen LogP contribution in [0.25, 0.3) is 0 Å². The number of aryl methyl sites for hydroxylation is 1. The molecule has 0 aromatic heterocycles. The van der Waals surface area contributed by atoms with Gasteiger partial charge < -0.3 is 4.74 Å². The molecule has 0 fully saturated rings. The zero-order chi connectivity index (χ0) is 9.84. The van der Waals surface area contributed by atoms with E-state index in [1.807, 2.05) is 6.07 Å². The van der Waals surface area contributed by atoms with E-state index in [1.54, 1.807) is 13.0 Å². The highest BCUT2D eigenvalue weighted by atomic mass is 19.1. The van der Waals surface area contributed by atoms with Gasteiger partial charge in [0.05, 0.1) is 19.6 Å². The molecule has 1 aromatic carbocycles. The lowest BCUT2D eigenvalue weighted by molar-refractivity contribution is 0.383. The molecule has 0 radical (unpaired) electrons. The van der Waals surface area contributed by atoms with Gasteiger partial charge >= 0.3 is 0 Å². The second-order valence-electron chi connectivity index (χ2n) is 2.76. The first-order valence-electron chi connectivity index (χ1n) is 3.89. The van der Waals surface area contributed by atoms with E-state index < -0.39 is 5.82 Å². The minimum Gasteiger partial charge on any atom is -0.493 e. The van der Waals surface area contributed by atoms with Gasteiger partial charge in [0.1, 0.15) is 0 Å². The third-order valence-electron chi connectivity index (χ3n) is 1.78. The van der Waals surface area contributed by atoms with Gasteiger partial charge in [-0.05, 0) is 24.1 Å². The van der Waals surface area contributed by atoms with Gasteiger partial charge in [0.25, 0.3) is 0 Å². The molecule has 68 valence electrons. The second-order valence-corrected chi connectivity index (χ2v) is 2.76. The predicted molar refractivity (Wildman–Crippen MR) is 47.0 cm³/mol. The van der Waals surface area contributed by atoms with Gasteiger partial charge in [-0.1, -0.05) is 6.07 Å². The van der Waals surface area contributed by atoms with E-state index in [0.717, 1.165) is 0 Å². The minimum atomic E-state index is -0.409. The number of nitriles is 1. The molecule has 0 unspecified atom stereocenters. The van der Waals surface area contributed by atoms with Crippen molar-refractivity contribution in [3.05, 3.63) is 29.1 Å². The quantitative estimate of drug-likeness (QED) is 0.697. The van der Waals surface area contributed by atoms with Gasteiger partial charge in [-0.2, -0.15) is 5.26 Å². The summed E-state index contributed by atoms with van der Waals surface area (Å²) < 4.78 is 18.1. The standard InChI is InChI=1S/C10H10FNO/c1-7-5-8(3-4-12)6-9(11)10(7)13-2/h5-6H,3H2,1-2H3. The zero-order valence-corrected chi connectivity index (χ0v) is 7.60. The Labute approximate surface area is 76.6 Å². The molecular formula is C10H10FNO. The predicted octanol–water partition coefficient (Wildman–Crippen LogP) is 2.21. The number of benzene rings is 1. The minimum absolute atomic E-state index is 0.224. The first-order valence-corrected chi connectivity index (χ1v) is 3.89. The average Bonchev–Trinajstić information content (AvgIpc) is 2.04. The lowest BCUT2D eigenvalue weighted by Gasteiger charge is -2.06. The Morgan fingerprint density at radius 1 is 1.54 bits per heavy atom. The molecule has 0 saturated carbocycles. The van der Waals surface area contributed by atoms with Crippen molar-refractivity contribution in [3.63, 3.8) is 0 Å². The Kier molecular flexibility index (Phi) is 2.86. The molecule has 13 heavy (non-hydrogen) atoms. The summed E-state index contributed by atoms with van der Waals surface area (Å²) in [5, 5.41) is 8.42. The monoisotopic (exact) mass is 179 g/mol. The highest BCUT2D eigenvalue weighted by Crippen LogP contribution is 2.23. The van der Waals surface area contributed by atoms with Crippen LogP contribution in [-0.4, -0.2) is 7.11 Å². The van der Waals surface area contributed by atoms with Crippen LogP contribution in [0, 0.1) is 24.1 Å². The summed E-state index contributed by atoms with van der Waals surface area (Å²) in [5.74, 6) is -0.158. The highest BCUT2D eigenvalue weighted by molar-refractivity contribution is 5.38. The smallest absolute Gasteiger partial charge is 0.165 e. The summed E-state index contributed by atoms with van der Waals surface area (Å²) in [4.78, 5) is 0. The lowest BCUT2D eigenvalue weighted by atomic mass is 10.1. The highest BCUT2D eigenvalue weighted by Gasteiger charge is 2.07. The van der Waals surface area contributed by atoms with Crippen molar-refractivity contribution >= 4 is 0 Å². The first-order chi connectivity index (χ1) is 6.19.